The van der Waals surface area contributed by atoms with E-state index in [2.05, 4.69) is 5.32 Å². The molecule has 5 heteroatoms. The van der Waals surface area contributed by atoms with Crippen molar-refractivity contribution < 1.29 is 19.0 Å². The summed E-state index contributed by atoms with van der Waals surface area (Å²) in [4.78, 5) is 12.0. The van der Waals surface area contributed by atoms with E-state index in [1.165, 1.54) is 0 Å². The lowest BCUT2D eigenvalue weighted by atomic mass is 10.2. The first kappa shape index (κ1) is 13.8. The molecule has 1 aliphatic heterocycles. The predicted molar refractivity (Wildman–Crippen MR) is 70.2 cm³/mol. The van der Waals surface area contributed by atoms with Gasteiger partial charge in [-0.15, -0.1) is 0 Å². The van der Waals surface area contributed by atoms with Gasteiger partial charge in [0.05, 0.1) is 13.7 Å². The van der Waals surface area contributed by atoms with Crippen LogP contribution in [0, 0.1) is 0 Å². The van der Waals surface area contributed by atoms with Crippen LogP contribution in [-0.2, 0) is 9.47 Å². The van der Waals surface area contributed by atoms with E-state index in [1.54, 1.807) is 31.4 Å². The molecule has 0 aliphatic carbocycles. The monoisotopic (exact) mass is 265 g/mol. The van der Waals surface area contributed by atoms with Crippen LogP contribution in [0.4, 0.5) is 0 Å². The zero-order chi connectivity index (χ0) is 13.9. The fraction of sp³-hybridized carbons (Fsp3) is 0.500. The topological polar surface area (TPSA) is 56.8 Å². The number of rotatable bonds is 4. The summed E-state index contributed by atoms with van der Waals surface area (Å²) in [7, 11) is 1.57. The molecule has 0 saturated carbocycles. The normalized spacial score (nSPS) is 21.1. The summed E-state index contributed by atoms with van der Waals surface area (Å²) in [6.45, 7) is 4.64. The second-order valence-electron chi connectivity index (χ2n) is 4.89. The van der Waals surface area contributed by atoms with Gasteiger partial charge in [0.2, 0.25) is 0 Å². The van der Waals surface area contributed by atoms with Crippen LogP contribution in [0.5, 0.6) is 5.75 Å². The van der Waals surface area contributed by atoms with Crippen LogP contribution in [0.2, 0.25) is 0 Å². The van der Waals surface area contributed by atoms with Gasteiger partial charge in [0, 0.05) is 12.1 Å². The highest BCUT2D eigenvalue weighted by Gasteiger charge is 2.32. The lowest BCUT2D eigenvalue weighted by Gasteiger charge is -2.17. The average molecular weight is 265 g/mol. The zero-order valence-corrected chi connectivity index (χ0v) is 11.4. The van der Waals surface area contributed by atoms with E-state index in [0.29, 0.717) is 24.5 Å². The minimum Gasteiger partial charge on any atom is -0.497 e. The number of carbonyl (C=O) groups excluding carboxylic acids is 1. The quantitative estimate of drug-likeness (QED) is 0.898. The largest absolute Gasteiger partial charge is 0.497 e. The summed E-state index contributed by atoms with van der Waals surface area (Å²) < 4.78 is 16.1. The summed E-state index contributed by atoms with van der Waals surface area (Å²) in [5.41, 5.74) is 0.567. The molecule has 1 fully saturated rings. The summed E-state index contributed by atoms with van der Waals surface area (Å²) in [6, 6.07) is 7.03. The molecule has 2 rings (SSSR count). The Morgan fingerprint density at radius 1 is 1.53 bits per heavy atom. The third-order valence-corrected chi connectivity index (χ3v) is 2.89. The number of benzene rings is 1. The van der Waals surface area contributed by atoms with Crippen LogP contribution in [0.15, 0.2) is 24.3 Å². The number of hydrogen-bond donors (Lipinski definition) is 1. The summed E-state index contributed by atoms with van der Waals surface area (Å²) in [5.74, 6) is -0.0489. The minimum absolute atomic E-state index is 0.107. The lowest BCUT2D eigenvalue weighted by Crippen LogP contribution is -2.34. The number of ether oxygens (including phenoxy) is 3. The number of nitrogens with one attached hydrogen (secondary N) is 1. The fourth-order valence-corrected chi connectivity index (χ4v) is 1.94. The molecule has 0 radical (unpaired) electrons. The predicted octanol–water partition coefficient (Wildman–Crippen LogP) is 1.58. The van der Waals surface area contributed by atoms with E-state index >= 15 is 0 Å². The molecule has 0 bridgehead atoms. The van der Waals surface area contributed by atoms with Gasteiger partial charge in [-0.05, 0) is 32.0 Å². The molecule has 1 N–H and O–H groups in total. The van der Waals surface area contributed by atoms with E-state index in [4.69, 9.17) is 14.2 Å². The third-order valence-electron chi connectivity index (χ3n) is 2.89. The first-order valence-electron chi connectivity index (χ1n) is 6.24. The highest BCUT2D eigenvalue weighted by molar-refractivity contribution is 5.94. The Kier molecular flexibility index (Phi) is 4.07. The van der Waals surface area contributed by atoms with Crippen LogP contribution in [0.1, 0.15) is 24.2 Å². The van der Waals surface area contributed by atoms with Gasteiger partial charge in [-0.2, -0.15) is 0 Å². The summed E-state index contributed by atoms with van der Waals surface area (Å²) in [5, 5.41) is 2.83. The van der Waals surface area contributed by atoms with Gasteiger partial charge in [-0.25, -0.2) is 0 Å². The van der Waals surface area contributed by atoms with Gasteiger partial charge in [-0.1, -0.05) is 6.07 Å². The molecule has 1 unspecified atom stereocenters. The van der Waals surface area contributed by atoms with Crippen LogP contribution >= 0.6 is 0 Å². The van der Waals surface area contributed by atoms with Crippen LogP contribution in [-0.4, -0.2) is 38.1 Å². The SMILES string of the molecule is COc1cccc(C(=O)NCC2COC(C)(C)O2)c1. The first-order chi connectivity index (χ1) is 9.00. The Morgan fingerprint density at radius 3 is 2.95 bits per heavy atom. The van der Waals surface area contributed by atoms with E-state index in [9.17, 15) is 4.79 Å². The van der Waals surface area contributed by atoms with Crippen molar-refractivity contribution in [2.45, 2.75) is 25.7 Å². The molecule has 104 valence electrons. The van der Waals surface area contributed by atoms with Crippen LogP contribution in [0.25, 0.3) is 0 Å². The van der Waals surface area contributed by atoms with Gasteiger partial charge in [0.15, 0.2) is 5.79 Å². The van der Waals surface area contributed by atoms with E-state index in [0.717, 1.165) is 0 Å². The third kappa shape index (κ3) is 3.68. The van der Waals surface area contributed by atoms with Crippen LogP contribution < -0.4 is 10.1 Å². The molecule has 19 heavy (non-hydrogen) atoms. The Morgan fingerprint density at radius 2 is 2.32 bits per heavy atom. The van der Waals surface area contributed by atoms with Crippen molar-refractivity contribution in [3.05, 3.63) is 29.8 Å². The molecule has 0 aromatic heterocycles. The average Bonchev–Trinajstić information content (AvgIpc) is 2.75. The molecule has 1 aromatic rings. The summed E-state index contributed by atoms with van der Waals surface area (Å²) in [6.07, 6.45) is -0.107. The van der Waals surface area contributed by atoms with E-state index in [-0.39, 0.29) is 12.0 Å². The lowest BCUT2D eigenvalue weighted by molar-refractivity contribution is -0.137. The maximum atomic E-state index is 12.0. The van der Waals surface area contributed by atoms with Crippen molar-refractivity contribution in [1.29, 1.82) is 0 Å². The molecular weight excluding hydrogens is 246 g/mol. The Balaban J connectivity index is 1.87. The van der Waals surface area contributed by atoms with Gasteiger partial charge in [0.1, 0.15) is 11.9 Å². The fourth-order valence-electron chi connectivity index (χ4n) is 1.94. The second-order valence-corrected chi connectivity index (χ2v) is 4.89. The molecule has 0 spiro atoms. The van der Waals surface area contributed by atoms with Crippen molar-refractivity contribution >= 4 is 5.91 Å². The molecule has 5 nitrogen and oxygen atoms in total. The van der Waals surface area contributed by atoms with Gasteiger partial charge in [0.25, 0.3) is 5.91 Å². The second kappa shape index (κ2) is 5.59. The van der Waals surface area contributed by atoms with E-state index < -0.39 is 5.79 Å². The van der Waals surface area contributed by atoms with Crippen molar-refractivity contribution in [2.24, 2.45) is 0 Å². The standard InChI is InChI=1S/C14H19NO4/c1-14(2)18-9-12(19-14)8-15-13(16)10-5-4-6-11(7-10)17-3/h4-7,12H,8-9H2,1-3H3,(H,15,16). The van der Waals surface area contributed by atoms with Crippen molar-refractivity contribution in [1.82, 2.24) is 5.32 Å². The van der Waals surface area contributed by atoms with Gasteiger partial charge >= 0.3 is 0 Å². The van der Waals surface area contributed by atoms with Crippen molar-refractivity contribution in [2.75, 3.05) is 20.3 Å². The molecule has 1 atom stereocenters. The van der Waals surface area contributed by atoms with Gasteiger partial charge in [-0.3, -0.25) is 4.79 Å². The first-order valence-corrected chi connectivity index (χ1v) is 6.24. The van der Waals surface area contributed by atoms with Gasteiger partial charge < -0.3 is 19.5 Å². The van der Waals surface area contributed by atoms with E-state index in [1.807, 2.05) is 13.8 Å². The maximum absolute atomic E-state index is 12.0. The van der Waals surface area contributed by atoms with Crippen LogP contribution in [0.3, 0.4) is 0 Å². The molecule has 1 amide bonds. The molecule has 1 aliphatic rings. The zero-order valence-electron chi connectivity index (χ0n) is 11.4. The highest BCUT2D eigenvalue weighted by Crippen LogP contribution is 2.21. The molecule has 1 saturated heterocycles. The highest BCUT2D eigenvalue weighted by atomic mass is 16.7. The van der Waals surface area contributed by atoms with Crippen molar-refractivity contribution in [3.8, 4) is 5.75 Å². The minimum atomic E-state index is -0.564. The number of amides is 1. The smallest absolute Gasteiger partial charge is 0.251 e. The Labute approximate surface area is 112 Å². The number of methoxy groups -OCH3 is 1. The molecule has 1 aromatic carbocycles. The van der Waals surface area contributed by atoms with Crippen molar-refractivity contribution in [3.63, 3.8) is 0 Å². The Hall–Kier alpha value is -1.59. The molecule has 1 heterocycles. The number of carbonyl (C=O) groups is 1. The number of hydrogen-bond acceptors (Lipinski definition) is 4. The molecular formula is C14H19NO4. The Bertz CT molecular complexity index is 459. The summed E-state index contributed by atoms with van der Waals surface area (Å²) >= 11 is 0. The maximum Gasteiger partial charge on any atom is 0.251 e.